The van der Waals surface area contributed by atoms with E-state index in [4.69, 9.17) is 0 Å². The summed E-state index contributed by atoms with van der Waals surface area (Å²) in [4.78, 5) is 41.2. The molecule has 42 heavy (non-hydrogen) atoms. The van der Waals surface area contributed by atoms with Crippen LogP contribution in [0.1, 0.15) is 27.3 Å². The fourth-order valence-electron chi connectivity index (χ4n) is 4.00. The molecule has 0 saturated heterocycles. The number of hydrogen-bond donors (Lipinski definition) is 2. The van der Waals surface area contributed by atoms with Crippen LogP contribution in [0.2, 0.25) is 0 Å². The first-order valence-electron chi connectivity index (χ1n) is 12.6. The number of carbonyl (C=O) groups excluding carboxylic acids is 3. The number of ketones is 3. The second-order valence-corrected chi connectivity index (χ2v) is 9.09. The Morgan fingerprint density at radius 1 is 0.762 bits per heavy atom. The van der Waals surface area contributed by atoms with Crippen LogP contribution >= 0.6 is 0 Å². The highest BCUT2D eigenvalue weighted by Gasteiger charge is 2.18. The van der Waals surface area contributed by atoms with Crippen LogP contribution in [0.3, 0.4) is 0 Å². The molecular formula is C33H34N6O3. The molecule has 0 unspecified atom stereocenters. The minimum absolute atomic E-state index is 0. The fraction of sp³-hybridized carbons (Fsp3) is 0.0909. The van der Waals surface area contributed by atoms with Gasteiger partial charge in [-0.15, -0.1) is 0 Å². The molecule has 0 atom stereocenters. The van der Waals surface area contributed by atoms with E-state index in [0.29, 0.717) is 5.69 Å². The summed E-state index contributed by atoms with van der Waals surface area (Å²) in [5.41, 5.74) is 4.78. The summed E-state index contributed by atoms with van der Waals surface area (Å²) in [6.07, 6.45) is 15.8. The molecule has 4 aromatic rings. The number of hydrogen-bond acceptors (Lipinski definition) is 9. The molecule has 0 radical (unpaired) electrons. The Balaban J connectivity index is 0.000000231. The van der Waals surface area contributed by atoms with Gasteiger partial charge in [0.15, 0.2) is 11.6 Å². The van der Waals surface area contributed by atoms with Crippen LogP contribution in [0.5, 0.6) is 0 Å². The first-order chi connectivity index (χ1) is 19.3. The van der Waals surface area contributed by atoms with E-state index in [2.05, 4.69) is 40.2 Å². The van der Waals surface area contributed by atoms with Crippen molar-refractivity contribution in [2.45, 2.75) is 6.92 Å². The molecule has 0 saturated carbocycles. The van der Waals surface area contributed by atoms with E-state index >= 15 is 0 Å². The van der Waals surface area contributed by atoms with Crippen molar-refractivity contribution in [1.82, 2.24) is 27.3 Å². The number of fused-ring (bicyclic) bond motifs is 2. The summed E-state index contributed by atoms with van der Waals surface area (Å²) in [6, 6.07) is 18.2. The molecule has 0 bridgehead atoms. The Labute approximate surface area is 244 Å². The number of para-hydroxylation sites is 1. The van der Waals surface area contributed by atoms with Crippen molar-refractivity contribution >= 4 is 57.4 Å². The molecule has 9 nitrogen and oxygen atoms in total. The van der Waals surface area contributed by atoms with Gasteiger partial charge in [-0.1, -0.05) is 48.5 Å². The summed E-state index contributed by atoms with van der Waals surface area (Å²) < 4.78 is 0. The lowest BCUT2D eigenvalue weighted by molar-refractivity contribution is -0.113. The highest BCUT2D eigenvalue weighted by Crippen LogP contribution is 2.31. The molecule has 214 valence electrons. The third-order valence-corrected chi connectivity index (χ3v) is 5.94. The summed E-state index contributed by atoms with van der Waals surface area (Å²) in [5.74, 6) is -0.292. The maximum absolute atomic E-state index is 11.8. The molecule has 6 N–H and O–H groups in total. The van der Waals surface area contributed by atoms with Gasteiger partial charge in [-0.25, -0.2) is 4.98 Å². The number of nitrogens with zero attached hydrogens (tertiary/aromatic N) is 4. The predicted octanol–water partition coefficient (Wildman–Crippen LogP) is 6.12. The number of hydrazone groups is 1. The molecule has 2 aliphatic carbocycles. The van der Waals surface area contributed by atoms with Gasteiger partial charge >= 0.3 is 0 Å². The molecule has 0 fully saturated rings. The minimum atomic E-state index is -0.121. The SMILES string of the molecule is Cc1ccccc1/C=C/C=N/N(C)C.N.N.O=C1C=CC(=O)C=C1.O=C1C=Cc2nc3ccccc3c3ccnc1c23. The van der Waals surface area contributed by atoms with Gasteiger partial charge in [-0.3, -0.25) is 19.4 Å². The lowest BCUT2D eigenvalue weighted by atomic mass is 9.98. The van der Waals surface area contributed by atoms with Gasteiger partial charge in [-0.2, -0.15) is 5.10 Å². The van der Waals surface area contributed by atoms with E-state index in [0.717, 1.165) is 27.4 Å². The van der Waals surface area contributed by atoms with Gasteiger partial charge in [0.2, 0.25) is 5.78 Å². The zero-order chi connectivity index (χ0) is 28.5. The van der Waals surface area contributed by atoms with Crippen molar-refractivity contribution in [1.29, 1.82) is 0 Å². The lowest BCUT2D eigenvalue weighted by Gasteiger charge is -2.12. The van der Waals surface area contributed by atoms with Crippen molar-refractivity contribution in [3.05, 3.63) is 120 Å². The number of aryl methyl sites for hydroxylation is 1. The predicted molar refractivity (Wildman–Crippen MR) is 171 cm³/mol. The Bertz CT molecular complexity index is 1710. The Hall–Kier alpha value is -5.38. The molecule has 2 aliphatic rings. The Morgan fingerprint density at radius 3 is 2.07 bits per heavy atom. The smallest absolute Gasteiger partial charge is 0.204 e. The first kappa shape index (κ1) is 32.8. The van der Waals surface area contributed by atoms with E-state index in [1.54, 1.807) is 23.5 Å². The van der Waals surface area contributed by atoms with Crippen LogP contribution < -0.4 is 12.3 Å². The van der Waals surface area contributed by atoms with Crippen LogP contribution in [0, 0.1) is 6.92 Å². The number of benzene rings is 2. The molecule has 2 aromatic carbocycles. The van der Waals surface area contributed by atoms with E-state index in [1.165, 1.54) is 41.5 Å². The molecule has 9 heteroatoms. The van der Waals surface area contributed by atoms with Gasteiger partial charge in [0, 0.05) is 37.3 Å². The van der Waals surface area contributed by atoms with Crippen LogP contribution in [-0.4, -0.2) is 52.6 Å². The highest BCUT2D eigenvalue weighted by atomic mass is 16.1. The van der Waals surface area contributed by atoms with Crippen molar-refractivity contribution < 1.29 is 14.4 Å². The quantitative estimate of drug-likeness (QED) is 0.130. The zero-order valence-corrected chi connectivity index (χ0v) is 23.9. The van der Waals surface area contributed by atoms with Crippen LogP contribution in [0.4, 0.5) is 0 Å². The van der Waals surface area contributed by atoms with Crippen molar-refractivity contribution in [2.24, 2.45) is 5.10 Å². The average molecular weight is 563 g/mol. The maximum atomic E-state index is 11.8. The van der Waals surface area contributed by atoms with E-state index in [9.17, 15) is 14.4 Å². The molecule has 0 spiro atoms. The largest absolute Gasteiger partial charge is 0.344 e. The molecular weight excluding hydrogens is 528 g/mol. The van der Waals surface area contributed by atoms with Crippen LogP contribution in [0.25, 0.3) is 33.8 Å². The molecule has 2 aromatic heterocycles. The lowest BCUT2D eigenvalue weighted by Crippen LogP contribution is -2.05. The number of pyridine rings is 2. The van der Waals surface area contributed by atoms with Gasteiger partial charge in [0.05, 0.1) is 11.2 Å². The zero-order valence-electron chi connectivity index (χ0n) is 23.9. The van der Waals surface area contributed by atoms with Gasteiger partial charge < -0.3 is 17.3 Å². The number of allylic oxidation sites excluding steroid dienone is 6. The summed E-state index contributed by atoms with van der Waals surface area (Å²) >= 11 is 0. The summed E-state index contributed by atoms with van der Waals surface area (Å²) in [6.45, 7) is 2.10. The first-order valence-corrected chi connectivity index (χ1v) is 12.6. The van der Waals surface area contributed by atoms with Gasteiger partial charge in [-0.05, 0) is 78.1 Å². The fourth-order valence-corrected chi connectivity index (χ4v) is 4.00. The topological polar surface area (TPSA) is 163 Å². The summed E-state index contributed by atoms with van der Waals surface area (Å²) in [5, 5.41) is 8.82. The van der Waals surface area contributed by atoms with Gasteiger partial charge in [0.25, 0.3) is 0 Å². The Morgan fingerprint density at radius 2 is 1.40 bits per heavy atom. The van der Waals surface area contributed by atoms with Crippen LogP contribution in [-0.2, 0) is 9.59 Å². The van der Waals surface area contributed by atoms with E-state index in [1.807, 2.05) is 62.6 Å². The number of aromatic nitrogens is 2. The number of rotatable bonds is 3. The van der Waals surface area contributed by atoms with Gasteiger partial charge in [0.1, 0.15) is 5.69 Å². The Kier molecular flexibility index (Phi) is 12.1. The van der Waals surface area contributed by atoms with Crippen molar-refractivity contribution in [2.75, 3.05) is 14.1 Å². The molecule has 0 aliphatic heterocycles. The van der Waals surface area contributed by atoms with Crippen LogP contribution in [0.15, 0.2) is 102 Å². The highest BCUT2D eigenvalue weighted by molar-refractivity contribution is 6.22. The molecule has 2 heterocycles. The van der Waals surface area contributed by atoms with Crippen molar-refractivity contribution in [3.63, 3.8) is 0 Å². The second kappa shape index (κ2) is 15.4. The standard InChI is InChI=1S/C15H8N2O.C12H16N2.C6H4O2.2H3N/c18-13-6-5-12-14-10(7-8-16-15(13)14)9-3-1-2-4-11(9)17-12;1-11-7-4-5-8-12(11)9-6-10-13-14(2)3;7-5-1-2-6(8)4-3-5;;/h1-8H;4-10H,1-3H3;1-4H;2*1H3/b;9-6+,13-10+;;;. The normalized spacial score (nSPS) is 12.9. The second-order valence-electron chi connectivity index (χ2n) is 9.09. The van der Waals surface area contributed by atoms with Crippen molar-refractivity contribution in [3.8, 4) is 0 Å². The minimum Gasteiger partial charge on any atom is -0.344 e. The summed E-state index contributed by atoms with van der Waals surface area (Å²) in [7, 11) is 3.80. The average Bonchev–Trinajstić information content (AvgIpc) is 2.96. The third kappa shape index (κ3) is 8.31. The number of carbonyl (C=O) groups is 3. The maximum Gasteiger partial charge on any atom is 0.204 e. The van der Waals surface area contributed by atoms with E-state index < -0.39 is 0 Å². The monoisotopic (exact) mass is 562 g/mol. The molecule has 6 rings (SSSR count). The van der Waals surface area contributed by atoms with E-state index in [-0.39, 0.29) is 29.7 Å². The third-order valence-electron chi connectivity index (χ3n) is 5.94. The molecule has 0 amide bonds.